The zero-order valence-corrected chi connectivity index (χ0v) is 15.5. The van der Waals surface area contributed by atoms with E-state index >= 15 is 0 Å². The highest BCUT2D eigenvalue weighted by atomic mass is 79.9. The smallest absolute Gasteiger partial charge is 0.271 e. The fraction of sp³-hybridized carbons (Fsp3) is 0.222. The number of nitrogens with one attached hydrogen (secondary N) is 1. The number of halogens is 1. The van der Waals surface area contributed by atoms with Gasteiger partial charge in [-0.3, -0.25) is 4.79 Å². The summed E-state index contributed by atoms with van der Waals surface area (Å²) in [5.74, 6) is 0.713. The summed E-state index contributed by atoms with van der Waals surface area (Å²) in [5, 5.41) is 13.7. The number of phenols is 1. The lowest BCUT2D eigenvalue weighted by Crippen LogP contribution is -2.17. The topological polar surface area (TPSA) is 80.2 Å². The third-order valence-electron chi connectivity index (χ3n) is 3.24. The molecule has 2 aromatic rings. The molecule has 25 heavy (non-hydrogen) atoms. The molecule has 0 aliphatic carbocycles. The SMILES string of the molecule is CCCOc1ccc(C(=O)N/N=C/c2cc(Br)c(O)c(OC)c2)cc1. The molecular weight excluding hydrogens is 388 g/mol. The van der Waals surface area contributed by atoms with E-state index in [1.165, 1.54) is 13.3 Å². The highest BCUT2D eigenvalue weighted by Gasteiger charge is 2.08. The maximum absolute atomic E-state index is 12.1. The predicted octanol–water partition coefficient (Wildman–Crippen LogP) is 3.72. The number of ether oxygens (including phenoxy) is 2. The number of carbonyl (C=O) groups is 1. The van der Waals surface area contributed by atoms with Gasteiger partial charge < -0.3 is 14.6 Å². The van der Waals surface area contributed by atoms with Crippen LogP contribution >= 0.6 is 15.9 Å². The molecule has 6 nitrogen and oxygen atoms in total. The van der Waals surface area contributed by atoms with Gasteiger partial charge in [-0.15, -0.1) is 0 Å². The average Bonchev–Trinajstić information content (AvgIpc) is 2.63. The molecule has 132 valence electrons. The Morgan fingerprint density at radius 2 is 2.04 bits per heavy atom. The van der Waals surface area contributed by atoms with Crippen molar-refractivity contribution in [1.82, 2.24) is 5.43 Å². The number of phenolic OH excluding ortho intramolecular Hbond substituents is 1. The highest BCUT2D eigenvalue weighted by molar-refractivity contribution is 9.10. The fourth-order valence-electron chi connectivity index (χ4n) is 1.98. The van der Waals surface area contributed by atoms with Gasteiger partial charge in [-0.1, -0.05) is 6.92 Å². The monoisotopic (exact) mass is 406 g/mol. The lowest BCUT2D eigenvalue weighted by molar-refractivity contribution is 0.0955. The first-order valence-corrected chi connectivity index (χ1v) is 8.47. The molecule has 0 saturated heterocycles. The molecule has 0 radical (unpaired) electrons. The van der Waals surface area contributed by atoms with Gasteiger partial charge in [-0.05, 0) is 64.3 Å². The third-order valence-corrected chi connectivity index (χ3v) is 3.84. The van der Waals surface area contributed by atoms with E-state index in [0.29, 0.717) is 28.0 Å². The van der Waals surface area contributed by atoms with Crippen LogP contribution in [0.1, 0.15) is 29.3 Å². The lowest BCUT2D eigenvalue weighted by atomic mass is 10.2. The molecule has 0 saturated carbocycles. The van der Waals surface area contributed by atoms with Crippen LogP contribution in [0.15, 0.2) is 46.0 Å². The zero-order chi connectivity index (χ0) is 18.2. The van der Waals surface area contributed by atoms with Crippen molar-refractivity contribution in [2.75, 3.05) is 13.7 Å². The minimum atomic E-state index is -0.330. The molecule has 2 aromatic carbocycles. The Hall–Kier alpha value is -2.54. The number of methoxy groups -OCH3 is 1. The Balaban J connectivity index is 1.99. The standard InChI is InChI=1S/C18H19BrN2O4/c1-3-8-25-14-6-4-13(5-7-14)18(23)21-20-11-12-9-15(19)17(22)16(10-12)24-2/h4-7,9-11,22H,3,8H2,1-2H3,(H,21,23)/b20-11+. The highest BCUT2D eigenvalue weighted by Crippen LogP contribution is 2.34. The van der Waals surface area contributed by atoms with Crippen LogP contribution in [0.2, 0.25) is 0 Å². The van der Waals surface area contributed by atoms with Crippen molar-refractivity contribution in [3.63, 3.8) is 0 Å². The normalized spacial score (nSPS) is 10.7. The first-order chi connectivity index (χ1) is 12.0. The Bertz CT molecular complexity index is 760. The first kappa shape index (κ1) is 18.8. The zero-order valence-electron chi connectivity index (χ0n) is 14.0. The second-order valence-electron chi connectivity index (χ2n) is 5.13. The van der Waals surface area contributed by atoms with E-state index in [-0.39, 0.29) is 11.7 Å². The number of benzene rings is 2. The Labute approximate surface area is 154 Å². The van der Waals surface area contributed by atoms with Crippen LogP contribution in [-0.4, -0.2) is 30.9 Å². The number of carbonyl (C=O) groups excluding carboxylic acids is 1. The molecular formula is C18H19BrN2O4. The van der Waals surface area contributed by atoms with E-state index in [0.717, 1.165) is 12.2 Å². The largest absolute Gasteiger partial charge is 0.503 e. The Morgan fingerprint density at radius 3 is 2.68 bits per heavy atom. The van der Waals surface area contributed by atoms with E-state index in [2.05, 4.69) is 26.5 Å². The van der Waals surface area contributed by atoms with Crippen molar-refractivity contribution >= 4 is 28.1 Å². The number of amides is 1. The number of hydrazone groups is 1. The van der Waals surface area contributed by atoms with E-state index in [1.54, 1.807) is 36.4 Å². The van der Waals surface area contributed by atoms with Crippen molar-refractivity contribution < 1.29 is 19.4 Å². The van der Waals surface area contributed by atoms with Crippen LogP contribution in [0, 0.1) is 0 Å². The molecule has 0 fully saturated rings. The van der Waals surface area contributed by atoms with Gasteiger partial charge in [0.05, 0.1) is 24.4 Å². The van der Waals surface area contributed by atoms with Crippen molar-refractivity contribution in [3.8, 4) is 17.2 Å². The second kappa shape index (κ2) is 9.08. The molecule has 0 heterocycles. The van der Waals surface area contributed by atoms with Crippen molar-refractivity contribution in [2.45, 2.75) is 13.3 Å². The molecule has 2 N–H and O–H groups in total. The summed E-state index contributed by atoms with van der Waals surface area (Å²) in [6.45, 7) is 2.67. The number of hydrogen-bond acceptors (Lipinski definition) is 5. The van der Waals surface area contributed by atoms with Crippen molar-refractivity contribution in [3.05, 3.63) is 52.0 Å². The van der Waals surface area contributed by atoms with Crippen LogP contribution in [0.5, 0.6) is 17.2 Å². The van der Waals surface area contributed by atoms with Gasteiger partial charge in [0.15, 0.2) is 11.5 Å². The summed E-state index contributed by atoms with van der Waals surface area (Å²) >= 11 is 3.23. The molecule has 0 bridgehead atoms. The predicted molar refractivity (Wildman–Crippen MR) is 99.6 cm³/mol. The van der Waals surface area contributed by atoms with E-state index in [9.17, 15) is 9.90 Å². The van der Waals surface area contributed by atoms with E-state index in [4.69, 9.17) is 9.47 Å². The van der Waals surface area contributed by atoms with Gasteiger partial charge in [0, 0.05) is 5.56 Å². The van der Waals surface area contributed by atoms with Gasteiger partial charge >= 0.3 is 0 Å². The molecule has 7 heteroatoms. The molecule has 0 atom stereocenters. The molecule has 0 aliphatic heterocycles. The summed E-state index contributed by atoms with van der Waals surface area (Å²) in [6.07, 6.45) is 2.39. The summed E-state index contributed by atoms with van der Waals surface area (Å²) < 4.78 is 11.0. The second-order valence-corrected chi connectivity index (χ2v) is 5.98. The van der Waals surface area contributed by atoms with Gasteiger partial charge in [-0.2, -0.15) is 5.10 Å². The van der Waals surface area contributed by atoms with E-state index in [1.807, 2.05) is 6.92 Å². The van der Waals surface area contributed by atoms with Crippen LogP contribution in [0.25, 0.3) is 0 Å². The van der Waals surface area contributed by atoms with Crippen LogP contribution in [0.4, 0.5) is 0 Å². The van der Waals surface area contributed by atoms with Gasteiger partial charge in [0.25, 0.3) is 5.91 Å². The maximum Gasteiger partial charge on any atom is 0.271 e. The van der Waals surface area contributed by atoms with Gasteiger partial charge in [-0.25, -0.2) is 5.43 Å². The molecule has 0 aromatic heterocycles. The first-order valence-electron chi connectivity index (χ1n) is 7.68. The average molecular weight is 407 g/mol. The lowest BCUT2D eigenvalue weighted by Gasteiger charge is -2.06. The maximum atomic E-state index is 12.1. The molecule has 2 rings (SSSR count). The summed E-state index contributed by atoms with van der Waals surface area (Å²) in [5.41, 5.74) is 3.59. The van der Waals surface area contributed by atoms with Crippen molar-refractivity contribution in [2.24, 2.45) is 5.10 Å². The quantitative estimate of drug-likeness (QED) is 0.542. The van der Waals surface area contributed by atoms with Crippen LogP contribution in [0.3, 0.4) is 0 Å². The molecule has 0 spiro atoms. The summed E-state index contributed by atoms with van der Waals surface area (Å²) in [7, 11) is 1.46. The van der Waals surface area contributed by atoms with Crippen LogP contribution in [-0.2, 0) is 0 Å². The molecule has 1 amide bonds. The fourth-order valence-corrected chi connectivity index (χ4v) is 2.44. The molecule has 0 unspecified atom stereocenters. The summed E-state index contributed by atoms with van der Waals surface area (Å²) in [4.78, 5) is 12.1. The third kappa shape index (κ3) is 5.22. The van der Waals surface area contributed by atoms with Crippen molar-refractivity contribution in [1.29, 1.82) is 0 Å². The Morgan fingerprint density at radius 1 is 1.32 bits per heavy atom. The summed E-state index contributed by atoms with van der Waals surface area (Å²) in [6, 6.07) is 10.1. The number of nitrogens with zero attached hydrogens (tertiary/aromatic N) is 1. The minimum absolute atomic E-state index is 0.00840. The van der Waals surface area contributed by atoms with Gasteiger partial charge in [0.1, 0.15) is 5.75 Å². The van der Waals surface area contributed by atoms with Crippen LogP contribution < -0.4 is 14.9 Å². The Kier molecular flexibility index (Phi) is 6.82. The minimum Gasteiger partial charge on any atom is -0.503 e. The number of hydrogen-bond donors (Lipinski definition) is 2. The van der Waals surface area contributed by atoms with E-state index < -0.39 is 0 Å². The molecule has 0 aliphatic rings. The number of rotatable bonds is 7. The number of aromatic hydroxyl groups is 1. The van der Waals surface area contributed by atoms with Gasteiger partial charge in [0.2, 0.25) is 0 Å².